The van der Waals surface area contributed by atoms with Crippen molar-refractivity contribution in [1.82, 2.24) is 10.3 Å². The van der Waals surface area contributed by atoms with Crippen molar-refractivity contribution in [3.05, 3.63) is 100 Å². The number of nitrogens with one attached hydrogen (secondary N) is 2. The van der Waals surface area contributed by atoms with Crippen molar-refractivity contribution in [2.45, 2.75) is 6.54 Å². The maximum absolute atomic E-state index is 12.6. The molecule has 0 saturated heterocycles. The van der Waals surface area contributed by atoms with Crippen LogP contribution in [-0.2, 0) is 6.54 Å². The average Bonchev–Trinajstić information content (AvgIpc) is 2.78. The normalized spacial score (nSPS) is 10.7. The van der Waals surface area contributed by atoms with Crippen molar-refractivity contribution in [3.63, 3.8) is 0 Å². The molecule has 4 rings (SSSR count). The fraction of sp³-hybridized carbons (Fsp3) is 0.0833. The fourth-order valence-corrected chi connectivity index (χ4v) is 3.24. The predicted octanol–water partition coefficient (Wildman–Crippen LogP) is 4.13. The first-order valence-corrected chi connectivity index (χ1v) is 9.28. The van der Waals surface area contributed by atoms with Crippen LogP contribution in [0, 0.1) is 0 Å². The molecule has 0 aliphatic carbocycles. The van der Waals surface area contributed by atoms with Gasteiger partial charge in [0.2, 0.25) is 0 Å². The predicted molar refractivity (Wildman–Crippen MR) is 114 cm³/mol. The highest BCUT2D eigenvalue weighted by atomic mass is 16.5. The summed E-state index contributed by atoms with van der Waals surface area (Å²) in [5.74, 6) is 0.477. The molecule has 0 saturated carbocycles. The van der Waals surface area contributed by atoms with E-state index in [9.17, 15) is 9.59 Å². The van der Waals surface area contributed by atoms with Crippen LogP contribution in [0.5, 0.6) is 5.75 Å². The second kappa shape index (κ2) is 8.02. The summed E-state index contributed by atoms with van der Waals surface area (Å²) in [6.45, 7) is 0.136. The van der Waals surface area contributed by atoms with Crippen LogP contribution >= 0.6 is 0 Å². The molecule has 29 heavy (non-hydrogen) atoms. The van der Waals surface area contributed by atoms with E-state index in [0.29, 0.717) is 16.9 Å². The number of methoxy groups -OCH3 is 1. The van der Waals surface area contributed by atoms with Crippen LogP contribution in [0.3, 0.4) is 0 Å². The van der Waals surface area contributed by atoms with Crippen LogP contribution < -0.4 is 15.6 Å². The monoisotopic (exact) mass is 384 g/mol. The lowest BCUT2D eigenvalue weighted by Crippen LogP contribution is -2.26. The van der Waals surface area contributed by atoms with Gasteiger partial charge in [-0.3, -0.25) is 9.59 Å². The molecular weight excluding hydrogens is 364 g/mol. The van der Waals surface area contributed by atoms with Gasteiger partial charge in [-0.1, -0.05) is 42.5 Å². The van der Waals surface area contributed by atoms with Crippen molar-refractivity contribution < 1.29 is 9.53 Å². The summed E-state index contributed by atoms with van der Waals surface area (Å²) in [5, 5.41) is 3.68. The van der Waals surface area contributed by atoms with Crippen LogP contribution in [0.25, 0.3) is 22.0 Å². The molecule has 5 nitrogen and oxygen atoms in total. The van der Waals surface area contributed by atoms with Crippen molar-refractivity contribution >= 4 is 16.8 Å². The Bertz CT molecular complexity index is 1230. The molecule has 0 aliphatic rings. The minimum atomic E-state index is -0.229. The molecular formula is C24H20N2O3. The number of carbonyl (C=O) groups is 1. The summed E-state index contributed by atoms with van der Waals surface area (Å²) >= 11 is 0. The molecule has 144 valence electrons. The molecule has 1 amide bonds. The number of benzene rings is 3. The van der Waals surface area contributed by atoms with Gasteiger partial charge in [-0.05, 0) is 47.5 Å². The molecule has 1 aromatic heterocycles. The fourth-order valence-electron chi connectivity index (χ4n) is 3.24. The van der Waals surface area contributed by atoms with Gasteiger partial charge in [0.1, 0.15) is 5.75 Å². The van der Waals surface area contributed by atoms with Crippen LogP contribution in [-0.4, -0.2) is 18.0 Å². The van der Waals surface area contributed by atoms with Gasteiger partial charge < -0.3 is 15.0 Å². The Balaban J connectivity index is 1.54. The molecule has 3 aromatic carbocycles. The van der Waals surface area contributed by atoms with Crippen LogP contribution in [0.1, 0.15) is 15.9 Å². The Morgan fingerprint density at radius 2 is 1.72 bits per heavy atom. The molecule has 0 spiro atoms. The standard InChI is InChI=1S/C24H20N2O3/c1-29-21-10-11-22-19(14-21)13-20(24(28)26-22)15-25-23(27)18-9-5-8-17(12-18)16-6-3-2-4-7-16/h2-14H,15H2,1H3,(H,25,27)(H,26,28). The zero-order valence-corrected chi connectivity index (χ0v) is 15.9. The summed E-state index contributed by atoms with van der Waals surface area (Å²) in [6.07, 6.45) is 0. The molecule has 1 heterocycles. The second-order valence-corrected chi connectivity index (χ2v) is 6.71. The summed E-state index contributed by atoms with van der Waals surface area (Å²) in [7, 11) is 1.59. The van der Waals surface area contributed by atoms with Gasteiger partial charge >= 0.3 is 0 Å². The number of pyridine rings is 1. The number of fused-ring (bicyclic) bond motifs is 1. The SMILES string of the molecule is COc1ccc2[nH]c(=O)c(CNC(=O)c3cccc(-c4ccccc4)c3)cc2c1. The molecule has 0 atom stereocenters. The molecule has 0 radical (unpaired) electrons. The smallest absolute Gasteiger partial charge is 0.253 e. The number of aromatic nitrogens is 1. The first-order chi connectivity index (χ1) is 14.1. The van der Waals surface area contributed by atoms with E-state index in [-0.39, 0.29) is 18.0 Å². The number of hydrogen-bond donors (Lipinski definition) is 2. The third-order valence-corrected chi connectivity index (χ3v) is 4.80. The Kier molecular flexibility index (Phi) is 5.12. The van der Waals surface area contributed by atoms with E-state index < -0.39 is 0 Å². The Morgan fingerprint density at radius 1 is 0.931 bits per heavy atom. The van der Waals surface area contributed by atoms with Gasteiger partial charge in [-0.2, -0.15) is 0 Å². The number of ether oxygens (including phenoxy) is 1. The lowest BCUT2D eigenvalue weighted by molar-refractivity contribution is 0.0951. The number of carbonyl (C=O) groups excluding carboxylic acids is 1. The minimum absolute atomic E-state index is 0.136. The largest absolute Gasteiger partial charge is 0.497 e. The van der Waals surface area contributed by atoms with Gasteiger partial charge in [0.05, 0.1) is 7.11 Å². The number of H-pyrrole nitrogens is 1. The quantitative estimate of drug-likeness (QED) is 0.543. The third kappa shape index (κ3) is 4.04. The van der Waals surface area contributed by atoms with E-state index in [4.69, 9.17) is 4.74 Å². The Hall–Kier alpha value is -3.86. The highest BCUT2D eigenvalue weighted by Crippen LogP contribution is 2.21. The van der Waals surface area contributed by atoms with E-state index in [1.165, 1.54) is 0 Å². The van der Waals surface area contributed by atoms with Crippen LogP contribution in [0.2, 0.25) is 0 Å². The molecule has 0 bridgehead atoms. The lowest BCUT2D eigenvalue weighted by Gasteiger charge is -2.08. The van der Waals surface area contributed by atoms with E-state index in [2.05, 4.69) is 10.3 Å². The van der Waals surface area contributed by atoms with E-state index in [1.54, 1.807) is 31.4 Å². The number of amides is 1. The highest BCUT2D eigenvalue weighted by molar-refractivity contribution is 5.95. The van der Waals surface area contributed by atoms with Gasteiger partial charge in [0.25, 0.3) is 11.5 Å². The average molecular weight is 384 g/mol. The Labute approximate surface area is 168 Å². The second-order valence-electron chi connectivity index (χ2n) is 6.71. The number of aromatic amines is 1. The first kappa shape index (κ1) is 18.5. The molecule has 0 unspecified atom stereocenters. The van der Waals surface area contributed by atoms with E-state index >= 15 is 0 Å². The van der Waals surface area contributed by atoms with Gasteiger partial charge in [0.15, 0.2) is 0 Å². The van der Waals surface area contributed by atoms with E-state index in [1.807, 2.05) is 54.6 Å². The summed E-state index contributed by atoms with van der Waals surface area (Å²) in [5.41, 5.74) is 3.54. The summed E-state index contributed by atoms with van der Waals surface area (Å²) in [4.78, 5) is 27.8. The maximum Gasteiger partial charge on any atom is 0.253 e. The van der Waals surface area contributed by atoms with Crippen molar-refractivity contribution in [1.29, 1.82) is 0 Å². The topological polar surface area (TPSA) is 71.2 Å². The minimum Gasteiger partial charge on any atom is -0.497 e. The van der Waals surface area contributed by atoms with Crippen LogP contribution in [0.4, 0.5) is 0 Å². The Morgan fingerprint density at radius 3 is 2.52 bits per heavy atom. The molecule has 0 aliphatic heterocycles. The van der Waals surface area contributed by atoms with Crippen molar-refractivity contribution in [3.8, 4) is 16.9 Å². The summed E-state index contributed by atoms with van der Waals surface area (Å²) < 4.78 is 5.23. The number of hydrogen-bond acceptors (Lipinski definition) is 3. The van der Waals surface area contributed by atoms with Crippen molar-refractivity contribution in [2.75, 3.05) is 7.11 Å². The van der Waals surface area contributed by atoms with Gasteiger partial charge in [-0.15, -0.1) is 0 Å². The summed E-state index contributed by atoms with van der Waals surface area (Å²) in [6, 6.07) is 24.5. The molecule has 2 N–H and O–H groups in total. The van der Waals surface area contributed by atoms with Crippen molar-refractivity contribution in [2.24, 2.45) is 0 Å². The molecule has 5 heteroatoms. The third-order valence-electron chi connectivity index (χ3n) is 4.80. The highest BCUT2D eigenvalue weighted by Gasteiger charge is 2.09. The maximum atomic E-state index is 12.6. The lowest BCUT2D eigenvalue weighted by atomic mass is 10.0. The zero-order valence-electron chi connectivity index (χ0n) is 15.9. The number of rotatable bonds is 5. The molecule has 0 fully saturated rings. The zero-order chi connectivity index (χ0) is 20.2. The molecule has 4 aromatic rings. The first-order valence-electron chi connectivity index (χ1n) is 9.28. The van der Waals surface area contributed by atoms with Gasteiger partial charge in [-0.25, -0.2) is 0 Å². The van der Waals surface area contributed by atoms with Crippen LogP contribution in [0.15, 0.2) is 83.7 Å². The van der Waals surface area contributed by atoms with Gasteiger partial charge in [0, 0.05) is 28.6 Å². The van der Waals surface area contributed by atoms with E-state index in [0.717, 1.165) is 22.0 Å².